The van der Waals surface area contributed by atoms with Crippen LogP contribution < -0.4 is 20.7 Å². The summed E-state index contributed by atoms with van der Waals surface area (Å²) in [6, 6.07) is 10.1. The number of amides is 1. The number of likely N-dealkylation sites (N-methyl/N-ethyl adjacent to an activating group) is 1. The topological polar surface area (TPSA) is 105 Å². The molecule has 4 aromatic rings. The Hall–Kier alpha value is -4.97. The fourth-order valence-electron chi connectivity index (χ4n) is 7.35. The number of pyridine rings is 2. The van der Waals surface area contributed by atoms with Crippen LogP contribution in [0.15, 0.2) is 53.6 Å². The SMILES string of the molecule is CC(=O)OCc1c(-c2cc(Nc3ccc(N4CCCN(C)CC4)cn3)c(=O)n(C)c2)cc(F)cc1N1CCn2c(cc3c2CCCC3)C1=O. The van der Waals surface area contributed by atoms with Gasteiger partial charge in [0.15, 0.2) is 0 Å². The quantitative estimate of drug-likeness (QED) is 0.279. The zero-order valence-corrected chi connectivity index (χ0v) is 28.3. The third-order valence-corrected chi connectivity index (χ3v) is 9.91. The van der Waals surface area contributed by atoms with Crippen LogP contribution in [0, 0.1) is 5.82 Å². The minimum atomic E-state index is -0.551. The number of benzene rings is 1. The summed E-state index contributed by atoms with van der Waals surface area (Å²) in [6.45, 7) is 5.96. The summed E-state index contributed by atoms with van der Waals surface area (Å²) in [5.41, 5.74) is 5.74. The van der Waals surface area contributed by atoms with Crippen LogP contribution in [0.25, 0.3) is 11.1 Å². The molecule has 5 heterocycles. The van der Waals surface area contributed by atoms with Gasteiger partial charge in [-0.15, -0.1) is 0 Å². The van der Waals surface area contributed by atoms with Gasteiger partial charge in [0.05, 0.1) is 17.6 Å². The van der Waals surface area contributed by atoms with Gasteiger partial charge in [0, 0.05) is 69.7 Å². The fourth-order valence-corrected chi connectivity index (χ4v) is 7.35. The molecule has 1 aromatic carbocycles. The number of hydrogen-bond donors (Lipinski definition) is 1. The van der Waals surface area contributed by atoms with Gasteiger partial charge in [-0.25, -0.2) is 9.37 Å². The Morgan fingerprint density at radius 1 is 0.959 bits per heavy atom. The Bertz CT molecular complexity index is 1970. The van der Waals surface area contributed by atoms with Crippen molar-refractivity contribution < 1.29 is 18.7 Å². The molecule has 0 spiro atoms. The van der Waals surface area contributed by atoms with Crippen LogP contribution in [-0.2, 0) is 42.6 Å². The van der Waals surface area contributed by atoms with Crippen molar-refractivity contribution in [2.45, 2.75) is 52.2 Å². The number of anilines is 4. The molecule has 1 saturated heterocycles. The molecule has 1 N–H and O–H groups in total. The van der Waals surface area contributed by atoms with Crippen LogP contribution >= 0.6 is 0 Å². The maximum Gasteiger partial charge on any atom is 0.302 e. The number of halogens is 1. The Balaban J connectivity index is 1.23. The van der Waals surface area contributed by atoms with E-state index in [0.29, 0.717) is 47.0 Å². The van der Waals surface area contributed by atoms with E-state index >= 15 is 4.39 Å². The van der Waals surface area contributed by atoms with E-state index in [1.165, 1.54) is 34.9 Å². The summed E-state index contributed by atoms with van der Waals surface area (Å²) in [6.07, 6.45) is 8.59. The molecule has 0 radical (unpaired) electrons. The molecule has 3 aromatic heterocycles. The first kappa shape index (κ1) is 32.6. The molecule has 0 saturated carbocycles. The molecule has 49 heavy (non-hydrogen) atoms. The molecule has 7 rings (SSSR count). The number of hydrogen-bond acceptors (Lipinski definition) is 8. The average molecular weight is 668 g/mol. The van der Waals surface area contributed by atoms with E-state index < -0.39 is 11.8 Å². The predicted molar refractivity (Wildman–Crippen MR) is 187 cm³/mol. The van der Waals surface area contributed by atoms with E-state index in [0.717, 1.165) is 64.0 Å². The number of ether oxygens (including phenoxy) is 1. The summed E-state index contributed by atoms with van der Waals surface area (Å²) in [7, 11) is 3.75. The number of aryl methyl sites for hydroxylation is 2. The molecular formula is C37H42FN7O4. The van der Waals surface area contributed by atoms with Crippen molar-refractivity contribution in [1.29, 1.82) is 0 Å². The van der Waals surface area contributed by atoms with Crippen molar-refractivity contribution in [3.63, 3.8) is 0 Å². The van der Waals surface area contributed by atoms with Crippen molar-refractivity contribution >= 4 is 34.8 Å². The van der Waals surface area contributed by atoms with E-state index in [1.54, 1.807) is 30.4 Å². The first-order chi connectivity index (χ1) is 23.7. The average Bonchev–Trinajstić information content (AvgIpc) is 3.33. The van der Waals surface area contributed by atoms with Gasteiger partial charge >= 0.3 is 5.97 Å². The smallest absolute Gasteiger partial charge is 0.302 e. The van der Waals surface area contributed by atoms with Crippen LogP contribution in [0.2, 0.25) is 0 Å². The number of rotatable bonds is 7. The minimum absolute atomic E-state index is 0.178. The lowest BCUT2D eigenvalue weighted by Gasteiger charge is -2.32. The summed E-state index contributed by atoms with van der Waals surface area (Å²) in [4.78, 5) is 50.2. The fraction of sp³-hybridized carbons (Fsp3) is 0.405. The molecule has 0 unspecified atom stereocenters. The number of nitrogens with zero attached hydrogens (tertiary/aromatic N) is 6. The van der Waals surface area contributed by atoms with Gasteiger partial charge in [-0.1, -0.05) is 0 Å². The Morgan fingerprint density at radius 2 is 1.80 bits per heavy atom. The highest BCUT2D eigenvalue weighted by Crippen LogP contribution is 2.37. The van der Waals surface area contributed by atoms with Gasteiger partial charge in [-0.05, 0) is 93.2 Å². The molecule has 12 heteroatoms. The number of nitrogens with one attached hydrogen (secondary N) is 1. The number of carbonyl (C=O) groups is 2. The molecule has 11 nitrogen and oxygen atoms in total. The normalized spacial score (nSPS) is 16.6. The van der Waals surface area contributed by atoms with Gasteiger partial charge in [0.25, 0.3) is 11.5 Å². The van der Waals surface area contributed by atoms with E-state index in [4.69, 9.17) is 4.74 Å². The second-order valence-electron chi connectivity index (χ2n) is 13.3. The standard InChI is InChI=1S/C37H42FN7O4/c1-24(46)49-23-30-29(19-27(38)20-33(30)45-16-15-44-32-8-5-4-7-25(32)18-34(44)37(45)48)26-17-31(36(47)42(3)22-26)40-35-10-9-28(21-39-35)43-12-6-11-41(2)13-14-43/h9-10,17-22H,4-8,11-16,23H2,1-3H3,(H,39,40). The highest BCUT2D eigenvalue weighted by molar-refractivity contribution is 6.07. The van der Waals surface area contributed by atoms with Gasteiger partial charge < -0.3 is 33.9 Å². The van der Waals surface area contributed by atoms with Gasteiger partial charge in [-0.2, -0.15) is 0 Å². The molecule has 1 fully saturated rings. The second-order valence-corrected chi connectivity index (χ2v) is 13.3. The van der Waals surface area contributed by atoms with Crippen molar-refractivity contribution in [2.24, 2.45) is 7.05 Å². The summed E-state index contributed by atoms with van der Waals surface area (Å²) < 4.78 is 24.6. The second kappa shape index (κ2) is 13.5. The van der Waals surface area contributed by atoms with Gasteiger partial charge in [0.1, 0.15) is 29.6 Å². The van der Waals surface area contributed by atoms with Crippen LogP contribution in [0.1, 0.15) is 53.5 Å². The van der Waals surface area contributed by atoms with E-state index in [1.807, 2.05) is 18.2 Å². The largest absolute Gasteiger partial charge is 0.461 e. The third-order valence-electron chi connectivity index (χ3n) is 9.91. The molecule has 2 aliphatic heterocycles. The molecule has 1 aliphatic carbocycles. The van der Waals surface area contributed by atoms with E-state index in [-0.39, 0.29) is 23.8 Å². The first-order valence-corrected chi connectivity index (χ1v) is 17.0. The van der Waals surface area contributed by atoms with E-state index in [9.17, 15) is 14.4 Å². The highest BCUT2D eigenvalue weighted by Gasteiger charge is 2.32. The van der Waals surface area contributed by atoms with Crippen LogP contribution in [0.4, 0.5) is 27.3 Å². The summed E-state index contributed by atoms with van der Waals surface area (Å²) >= 11 is 0. The molecule has 3 aliphatic rings. The van der Waals surface area contributed by atoms with Gasteiger partial charge in [0.2, 0.25) is 0 Å². The van der Waals surface area contributed by atoms with Gasteiger partial charge in [-0.3, -0.25) is 14.4 Å². The number of aromatic nitrogens is 3. The summed E-state index contributed by atoms with van der Waals surface area (Å²) in [5.74, 6) is -0.775. The maximum atomic E-state index is 15.6. The number of fused-ring (bicyclic) bond motifs is 3. The Kier molecular flexibility index (Phi) is 8.98. The van der Waals surface area contributed by atoms with Crippen molar-refractivity contribution in [1.82, 2.24) is 19.0 Å². The van der Waals surface area contributed by atoms with Crippen molar-refractivity contribution in [2.75, 3.05) is 54.9 Å². The van der Waals surface area contributed by atoms with E-state index in [2.05, 4.69) is 31.7 Å². The minimum Gasteiger partial charge on any atom is -0.461 e. The monoisotopic (exact) mass is 667 g/mol. The lowest BCUT2D eigenvalue weighted by molar-refractivity contribution is -0.142. The molecule has 0 atom stereocenters. The highest BCUT2D eigenvalue weighted by atomic mass is 19.1. The zero-order chi connectivity index (χ0) is 34.2. The maximum absolute atomic E-state index is 15.6. The molecular weight excluding hydrogens is 625 g/mol. The van der Waals surface area contributed by atoms with Crippen LogP contribution in [0.5, 0.6) is 0 Å². The summed E-state index contributed by atoms with van der Waals surface area (Å²) in [5, 5.41) is 3.16. The Labute approximate surface area is 284 Å². The lowest BCUT2D eigenvalue weighted by atomic mass is 9.97. The lowest BCUT2D eigenvalue weighted by Crippen LogP contribution is -2.41. The first-order valence-electron chi connectivity index (χ1n) is 17.0. The van der Waals surface area contributed by atoms with Crippen LogP contribution in [0.3, 0.4) is 0 Å². The zero-order valence-electron chi connectivity index (χ0n) is 28.3. The number of esters is 1. The number of carbonyl (C=O) groups excluding carboxylic acids is 2. The predicted octanol–water partition coefficient (Wildman–Crippen LogP) is 4.88. The molecule has 0 bridgehead atoms. The molecule has 256 valence electrons. The van der Waals surface area contributed by atoms with Crippen molar-refractivity contribution in [3.05, 3.63) is 87.5 Å². The Morgan fingerprint density at radius 3 is 2.59 bits per heavy atom. The molecule has 1 amide bonds. The third kappa shape index (κ3) is 6.57. The van der Waals surface area contributed by atoms with Crippen LogP contribution in [-0.4, -0.2) is 70.7 Å². The van der Waals surface area contributed by atoms with Crippen molar-refractivity contribution in [3.8, 4) is 11.1 Å².